The number of ketones is 1. The largest absolute Gasteiger partial charge is 0.361 e. The molecule has 1 aliphatic heterocycles. The zero-order valence-electron chi connectivity index (χ0n) is 16.9. The molecule has 0 amide bonds. The first kappa shape index (κ1) is 19.9. The van der Waals surface area contributed by atoms with Gasteiger partial charge in [0.25, 0.3) is 0 Å². The van der Waals surface area contributed by atoms with Crippen LogP contribution in [0.25, 0.3) is 0 Å². The molecule has 4 heteroatoms. The standard InChI is InChI=1S/C23H30N2OS/c1-5-6-7-8-9-16-10-11-20(27-16)21-17(14-24)15(2)25-18-12-23(3,4)13-19(26)22(18)21/h10-11,21,25H,5-9,12-13H2,1-4H3/t21-/m1/s1. The van der Waals surface area contributed by atoms with E-state index >= 15 is 0 Å². The lowest BCUT2D eigenvalue weighted by Gasteiger charge is -2.38. The SMILES string of the molecule is CCCCCCc1ccc([C@H]2C(C#N)=C(C)NC3=C2C(=O)CC(C)(C)C3)s1. The molecule has 0 spiro atoms. The fraction of sp³-hybridized carbons (Fsp3) is 0.565. The van der Waals surface area contributed by atoms with Gasteiger partial charge in [0.2, 0.25) is 0 Å². The van der Waals surface area contributed by atoms with Crippen LogP contribution >= 0.6 is 11.3 Å². The van der Waals surface area contributed by atoms with E-state index in [4.69, 9.17) is 0 Å². The van der Waals surface area contributed by atoms with Crippen molar-refractivity contribution in [2.24, 2.45) is 5.41 Å². The second-order valence-corrected chi connectivity index (χ2v) is 9.86. The summed E-state index contributed by atoms with van der Waals surface area (Å²) in [6, 6.07) is 6.71. The Bertz CT molecular complexity index is 835. The molecular formula is C23H30N2OS. The van der Waals surface area contributed by atoms with E-state index in [1.54, 1.807) is 11.3 Å². The van der Waals surface area contributed by atoms with Gasteiger partial charge >= 0.3 is 0 Å². The molecule has 0 aromatic carbocycles. The monoisotopic (exact) mass is 382 g/mol. The lowest BCUT2D eigenvalue weighted by molar-refractivity contribution is -0.118. The Hall–Kier alpha value is -1.86. The maximum Gasteiger partial charge on any atom is 0.162 e. The Kier molecular flexibility index (Phi) is 5.91. The minimum Gasteiger partial charge on any atom is -0.361 e. The van der Waals surface area contributed by atoms with E-state index in [9.17, 15) is 10.1 Å². The summed E-state index contributed by atoms with van der Waals surface area (Å²) in [4.78, 5) is 15.5. The summed E-state index contributed by atoms with van der Waals surface area (Å²) in [5.74, 6) is 0.00105. The molecular weight excluding hydrogens is 352 g/mol. The lowest BCUT2D eigenvalue weighted by Crippen LogP contribution is -2.36. The van der Waals surface area contributed by atoms with E-state index in [2.05, 4.69) is 44.3 Å². The molecule has 27 heavy (non-hydrogen) atoms. The lowest BCUT2D eigenvalue weighted by atomic mass is 9.70. The average Bonchev–Trinajstić information content (AvgIpc) is 3.05. The van der Waals surface area contributed by atoms with E-state index < -0.39 is 0 Å². The van der Waals surface area contributed by atoms with Crippen LogP contribution in [0.3, 0.4) is 0 Å². The number of hydrogen-bond acceptors (Lipinski definition) is 4. The van der Waals surface area contributed by atoms with Crippen LogP contribution < -0.4 is 5.32 Å². The van der Waals surface area contributed by atoms with Crippen LogP contribution in [0, 0.1) is 16.7 Å². The number of carbonyl (C=O) groups excluding carboxylic acids is 1. The molecule has 0 bridgehead atoms. The van der Waals surface area contributed by atoms with Crippen LogP contribution in [0.1, 0.15) is 81.9 Å². The number of nitriles is 1. The fourth-order valence-electron chi connectivity index (χ4n) is 4.28. The number of aryl methyl sites for hydroxylation is 1. The van der Waals surface area contributed by atoms with Crippen LogP contribution in [0.15, 0.2) is 34.7 Å². The van der Waals surface area contributed by atoms with Crippen molar-refractivity contribution < 1.29 is 4.79 Å². The Balaban J connectivity index is 1.92. The maximum absolute atomic E-state index is 13.0. The highest BCUT2D eigenvalue weighted by Gasteiger charge is 2.41. The van der Waals surface area contributed by atoms with Gasteiger partial charge in [-0.05, 0) is 43.7 Å². The highest BCUT2D eigenvalue weighted by Crippen LogP contribution is 2.47. The van der Waals surface area contributed by atoms with Crippen molar-refractivity contribution in [3.63, 3.8) is 0 Å². The molecule has 2 heterocycles. The summed E-state index contributed by atoms with van der Waals surface area (Å²) in [5.41, 5.74) is 3.41. The van der Waals surface area contributed by atoms with E-state index in [1.807, 2.05) is 6.92 Å². The molecule has 1 aliphatic carbocycles. The second kappa shape index (κ2) is 8.02. The van der Waals surface area contributed by atoms with Gasteiger partial charge in [-0.15, -0.1) is 11.3 Å². The maximum atomic E-state index is 13.0. The highest BCUT2D eigenvalue weighted by atomic mass is 32.1. The molecule has 1 atom stereocenters. The minimum absolute atomic E-state index is 0.0300. The first-order valence-electron chi connectivity index (χ1n) is 10.1. The first-order valence-corrected chi connectivity index (χ1v) is 10.9. The average molecular weight is 383 g/mol. The number of carbonyl (C=O) groups is 1. The number of dihydropyridines is 1. The molecule has 2 aliphatic rings. The van der Waals surface area contributed by atoms with Gasteiger partial charge in [0.15, 0.2) is 5.78 Å². The first-order chi connectivity index (χ1) is 12.9. The van der Waals surface area contributed by atoms with Crippen molar-refractivity contribution in [2.75, 3.05) is 0 Å². The molecule has 0 saturated carbocycles. The number of hydrogen-bond donors (Lipinski definition) is 1. The van der Waals surface area contributed by atoms with Gasteiger partial charge in [-0.1, -0.05) is 40.0 Å². The number of Topliss-reactive ketones (excluding diaryl/α,β-unsaturated/α-hetero) is 1. The van der Waals surface area contributed by atoms with Crippen molar-refractivity contribution in [3.8, 4) is 6.07 Å². The minimum atomic E-state index is -0.191. The molecule has 0 radical (unpaired) electrons. The molecule has 0 fully saturated rings. The van der Waals surface area contributed by atoms with Gasteiger partial charge in [-0.2, -0.15) is 5.26 Å². The summed E-state index contributed by atoms with van der Waals surface area (Å²) in [7, 11) is 0. The molecule has 144 valence electrons. The van der Waals surface area contributed by atoms with Crippen molar-refractivity contribution in [3.05, 3.63) is 44.4 Å². The van der Waals surface area contributed by atoms with Gasteiger partial charge in [-0.25, -0.2) is 0 Å². The summed E-state index contributed by atoms with van der Waals surface area (Å²) in [6.07, 6.45) is 7.51. The summed E-state index contributed by atoms with van der Waals surface area (Å²) in [5, 5.41) is 13.2. The van der Waals surface area contributed by atoms with E-state index in [1.165, 1.54) is 30.6 Å². The van der Waals surface area contributed by atoms with Crippen LogP contribution in [0.4, 0.5) is 0 Å². The molecule has 0 unspecified atom stereocenters. The Labute approximate surface area is 167 Å². The van der Waals surface area contributed by atoms with Crippen molar-refractivity contribution in [2.45, 2.75) is 78.6 Å². The molecule has 1 aromatic heterocycles. The zero-order valence-corrected chi connectivity index (χ0v) is 17.8. The predicted octanol–water partition coefficient (Wildman–Crippen LogP) is 6.00. The van der Waals surface area contributed by atoms with E-state index in [0.717, 1.165) is 34.7 Å². The van der Waals surface area contributed by atoms with Gasteiger partial charge in [0.05, 0.1) is 17.6 Å². The number of nitrogens with zero attached hydrogens (tertiary/aromatic N) is 1. The second-order valence-electron chi connectivity index (χ2n) is 8.66. The van der Waals surface area contributed by atoms with Crippen LogP contribution in [0.5, 0.6) is 0 Å². The summed E-state index contributed by atoms with van der Waals surface area (Å²) < 4.78 is 0. The van der Waals surface area contributed by atoms with Crippen molar-refractivity contribution in [1.29, 1.82) is 5.26 Å². The topological polar surface area (TPSA) is 52.9 Å². The number of allylic oxidation sites excluding steroid dienone is 4. The van der Waals surface area contributed by atoms with Crippen molar-refractivity contribution >= 4 is 17.1 Å². The number of thiophene rings is 1. The quantitative estimate of drug-likeness (QED) is 0.614. The van der Waals surface area contributed by atoms with Gasteiger partial charge in [0, 0.05) is 33.1 Å². The number of nitrogens with one attached hydrogen (secondary N) is 1. The Morgan fingerprint density at radius 1 is 1.26 bits per heavy atom. The van der Waals surface area contributed by atoms with Gasteiger partial charge in [0.1, 0.15) is 0 Å². The van der Waals surface area contributed by atoms with Crippen LogP contribution in [-0.2, 0) is 11.2 Å². The zero-order chi connectivity index (χ0) is 19.6. The molecule has 1 aromatic rings. The normalized spacial score (nSPS) is 21.7. The Morgan fingerprint density at radius 3 is 2.74 bits per heavy atom. The van der Waals surface area contributed by atoms with E-state index in [-0.39, 0.29) is 17.1 Å². The Morgan fingerprint density at radius 2 is 2.04 bits per heavy atom. The van der Waals surface area contributed by atoms with Crippen LogP contribution in [-0.4, -0.2) is 5.78 Å². The third-order valence-electron chi connectivity index (χ3n) is 5.60. The van der Waals surface area contributed by atoms with Crippen molar-refractivity contribution in [1.82, 2.24) is 5.32 Å². The smallest absolute Gasteiger partial charge is 0.162 e. The third kappa shape index (κ3) is 4.19. The third-order valence-corrected chi connectivity index (χ3v) is 6.81. The summed E-state index contributed by atoms with van der Waals surface area (Å²) >= 11 is 1.78. The molecule has 0 saturated heterocycles. The van der Waals surface area contributed by atoms with Crippen LogP contribution in [0.2, 0.25) is 0 Å². The number of unbranched alkanes of at least 4 members (excludes halogenated alkanes) is 3. The predicted molar refractivity (Wildman–Crippen MR) is 111 cm³/mol. The fourth-order valence-corrected chi connectivity index (χ4v) is 5.45. The molecule has 3 nitrogen and oxygen atoms in total. The molecule has 3 rings (SSSR count). The molecule has 1 N–H and O–H groups in total. The summed E-state index contributed by atoms with van der Waals surface area (Å²) in [6.45, 7) is 8.47. The van der Waals surface area contributed by atoms with E-state index in [0.29, 0.717) is 12.0 Å². The number of rotatable bonds is 6. The van der Waals surface area contributed by atoms with Gasteiger partial charge in [-0.3, -0.25) is 4.79 Å². The highest BCUT2D eigenvalue weighted by molar-refractivity contribution is 7.12. The van der Waals surface area contributed by atoms with Gasteiger partial charge < -0.3 is 5.32 Å².